The third kappa shape index (κ3) is 6.06. The summed E-state index contributed by atoms with van der Waals surface area (Å²) in [5.41, 5.74) is 5.02. The molecule has 0 aliphatic rings. The van der Waals surface area contributed by atoms with Crippen molar-refractivity contribution in [3.05, 3.63) is 100 Å². The molecule has 3 N–H and O–H groups in total. The number of aromatic nitrogens is 2. The van der Waals surface area contributed by atoms with Gasteiger partial charge in [0.15, 0.2) is 5.16 Å². The first-order chi connectivity index (χ1) is 17.2. The zero-order valence-corrected chi connectivity index (χ0v) is 20.9. The smallest absolute Gasteiger partial charge is 0.262 e. The van der Waals surface area contributed by atoms with Crippen LogP contribution in [0.3, 0.4) is 0 Å². The highest BCUT2D eigenvalue weighted by Crippen LogP contribution is 2.19. The van der Waals surface area contributed by atoms with Crippen LogP contribution >= 0.6 is 11.8 Å². The van der Waals surface area contributed by atoms with Gasteiger partial charge in [0.1, 0.15) is 0 Å². The molecule has 0 radical (unpaired) electrons. The molecule has 1 aromatic heterocycles. The number of sulfonamides is 1. The maximum Gasteiger partial charge on any atom is 0.262 e. The molecule has 0 saturated heterocycles. The van der Waals surface area contributed by atoms with Crippen molar-refractivity contribution in [3.8, 4) is 0 Å². The summed E-state index contributed by atoms with van der Waals surface area (Å²) in [6, 6.07) is 22.4. The molecule has 4 aromatic rings. The largest absolute Gasteiger partial charge is 0.283 e. The Labute approximate surface area is 212 Å². The number of nitrogens with zero attached hydrogens (tertiary/aromatic N) is 3. The lowest BCUT2D eigenvalue weighted by Gasteiger charge is -2.13. The molecule has 4 rings (SSSR count). The van der Waals surface area contributed by atoms with E-state index in [1.807, 2.05) is 30.3 Å². The molecular weight excluding hydrogens is 498 g/mol. The number of nitrogens with two attached hydrogens (primary N) is 1. The Hall–Kier alpha value is -3.80. The van der Waals surface area contributed by atoms with Crippen LogP contribution < -0.4 is 16.1 Å². The van der Waals surface area contributed by atoms with Crippen LogP contribution in [0.15, 0.2) is 98.8 Å². The summed E-state index contributed by atoms with van der Waals surface area (Å²) >= 11 is 1.11. The number of fused-ring (bicyclic) bond motifs is 1. The van der Waals surface area contributed by atoms with Crippen molar-refractivity contribution in [2.45, 2.75) is 23.5 Å². The van der Waals surface area contributed by atoms with Gasteiger partial charge in [-0.05, 0) is 42.3 Å². The van der Waals surface area contributed by atoms with Crippen molar-refractivity contribution in [1.29, 1.82) is 0 Å². The van der Waals surface area contributed by atoms with Crippen LogP contribution in [0.4, 0.5) is 0 Å². The average molecular weight is 522 g/mol. The van der Waals surface area contributed by atoms with Crippen LogP contribution in [0.5, 0.6) is 0 Å². The van der Waals surface area contributed by atoms with Gasteiger partial charge in [0.05, 0.1) is 33.8 Å². The Morgan fingerprint density at radius 1 is 1.03 bits per heavy atom. The van der Waals surface area contributed by atoms with Gasteiger partial charge in [0, 0.05) is 0 Å². The molecule has 0 fully saturated rings. The quantitative estimate of drug-likeness (QED) is 0.158. The third-order valence-corrected chi connectivity index (χ3v) is 7.20. The Morgan fingerprint density at radius 2 is 1.69 bits per heavy atom. The monoisotopic (exact) mass is 521 g/mol. The molecule has 11 heteroatoms. The van der Waals surface area contributed by atoms with Crippen molar-refractivity contribution >= 4 is 44.3 Å². The van der Waals surface area contributed by atoms with Gasteiger partial charge in [-0.15, -0.1) is 0 Å². The van der Waals surface area contributed by atoms with Gasteiger partial charge in [-0.2, -0.15) is 5.10 Å². The van der Waals surface area contributed by atoms with Crippen LogP contribution in [-0.4, -0.2) is 35.3 Å². The van der Waals surface area contributed by atoms with E-state index in [0.717, 1.165) is 17.3 Å². The number of carbonyl (C=O) groups excluding carboxylic acids is 1. The van der Waals surface area contributed by atoms with Crippen LogP contribution in [-0.2, 0) is 21.4 Å². The summed E-state index contributed by atoms with van der Waals surface area (Å²) in [4.78, 5) is 30.3. The number of nitrogens with one attached hydrogen (secondary N) is 1. The number of hydrogen-bond donors (Lipinski definition) is 2. The molecule has 0 atom stereocenters. The van der Waals surface area contributed by atoms with E-state index in [2.05, 4.69) is 15.5 Å². The second kappa shape index (κ2) is 10.9. The van der Waals surface area contributed by atoms with Gasteiger partial charge >= 0.3 is 0 Å². The highest BCUT2D eigenvalue weighted by molar-refractivity contribution is 7.99. The number of para-hydroxylation sites is 1. The molecule has 0 saturated carbocycles. The minimum atomic E-state index is -3.83. The lowest BCUT2D eigenvalue weighted by atomic mass is 10.1. The standard InChI is InChI=1S/C25H23N5O4S2/c1-17(19-7-3-2-4-8-19)28-29-23(31)16-35-25-27-22-10-6-5-9-21(22)24(32)30(25)15-18-11-13-20(14-12-18)36(26,33)34/h2-14H,15-16H2,1H3,(H,29,31)(H2,26,33,34)/b28-17+. The first kappa shape index (κ1) is 25.3. The predicted molar refractivity (Wildman–Crippen MR) is 140 cm³/mol. The fraction of sp³-hybridized carbons (Fsp3) is 0.120. The first-order valence-electron chi connectivity index (χ1n) is 10.8. The highest BCUT2D eigenvalue weighted by atomic mass is 32.2. The van der Waals surface area contributed by atoms with Gasteiger partial charge in [0.25, 0.3) is 11.5 Å². The molecule has 0 aliphatic heterocycles. The number of primary sulfonamides is 1. The summed E-state index contributed by atoms with van der Waals surface area (Å²) < 4.78 is 24.6. The number of benzene rings is 3. The number of carbonyl (C=O) groups is 1. The van der Waals surface area contributed by atoms with Crippen molar-refractivity contribution in [1.82, 2.24) is 15.0 Å². The predicted octanol–water partition coefficient (Wildman–Crippen LogP) is 2.72. The van der Waals surface area contributed by atoms with Gasteiger partial charge in [0.2, 0.25) is 10.0 Å². The van der Waals surface area contributed by atoms with E-state index in [1.165, 1.54) is 16.7 Å². The average Bonchev–Trinajstić information content (AvgIpc) is 2.88. The van der Waals surface area contributed by atoms with E-state index >= 15 is 0 Å². The number of hydrogen-bond acceptors (Lipinski definition) is 7. The van der Waals surface area contributed by atoms with Crippen molar-refractivity contribution in [3.63, 3.8) is 0 Å². The number of thioether (sulfide) groups is 1. The summed E-state index contributed by atoms with van der Waals surface area (Å²) in [6.07, 6.45) is 0. The van der Waals surface area contributed by atoms with Crippen LogP contribution in [0.2, 0.25) is 0 Å². The van der Waals surface area contributed by atoms with Crippen molar-refractivity contribution in [2.24, 2.45) is 10.2 Å². The minimum absolute atomic E-state index is 0.0132. The van der Waals surface area contributed by atoms with E-state index in [4.69, 9.17) is 5.14 Å². The maximum atomic E-state index is 13.3. The molecular formula is C25H23N5O4S2. The molecule has 0 spiro atoms. The Bertz CT molecular complexity index is 1600. The number of rotatable bonds is 8. The second-order valence-electron chi connectivity index (χ2n) is 7.88. The van der Waals surface area contributed by atoms with Crippen molar-refractivity contribution in [2.75, 3.05) is 5.75 Å². The van der Waals surface area contributed by atoms with E-state index in [-0.39, 0.29) is 28.7 Å². The zero-order valence-electron chi connectivity index (χ0n) is 19.3. The summed E-state index contributed by atoms with van der Waals surface area (Å²) in [6.45, 7) is 1.93. The van der Waals surface area contributed by atoms with E-state index in [9.17, 15) is 18.0 Å². The lowest BCUT2D eigenvalue weighted by molar-refractivity contribution is -0.118. The van der Waals surface area contributed by atoms with Gasteiger partial charge in [-0.25, -0.2) is 24.0 Å². The molecule has 1 amide bonds. The number of hydrazone groups is 1. The van der Waals surface area contributed by atoms with E-state index in [1.54, 1.807) is 43.3 Å². The van der Waals surface area contributed by atoms with Crippen LogP contribution in [0, 0.1) is 0 Å². The molecule has 0 bridgehead atoms. The van der Waals surface area contributed by atoms with Crippen LogP contribution in [0.25, 0.3) is 10.9 Å². The zero-order chi connectivity index (χ0) is 25.7. The SMILES string of the molecule is C/C(=N\NC(=O)CSc1nc2ccccc2c(=O)n1Cc1ccc(S(N)(=O)=O)cc1)c1ccccc1. The summed E-state index contributed by atoms with van der Waals surface area (Å²) in [7, 11) is -3.83. The maximum absolute atomic E-state index is 13.3. The summed E-state index contributed by atoms with van der Waals surface area (Å²) in [5.74, 6) is -0.359. The van der Waals surface area contributed by atoms with Crippen LogP contribution in [0.1, 0.15) is 18.1 Å². The molecule has 0 aliphatic carbocycles. The molecule has 1 heterocycles. The molecule has 184 valence electrons. The fourth-order valence-corrected chi connectivity index (χ4v) is 4.72. The molecule has 0 unspecified atom stereocenters. The Morgan fingerprint density at radius 3 is 2.39 bits per heavy atom. The first-order valence-corrected chi connectivity index (χ1v) is 13.4. The third-order valence-electron chi connectivity index (χ3n) is 5.29. The van der Waals surface area contributed by atoms with E-state index < -0.39 is 10.0 Å². The van der Waals surface area contributed by atoms with Gasteiger partial charge < -0.3 is 0 Å². The Balaban J connectivity index is 1.57. The van der Waals surface area contributed by atoms with Crippen molar-refractivity contribution < 1.29 is 13.2 Å². The molecule has 3 aromatic carbocycles. The topological polar surface area (TPSA) is 137 Å². The Kier molecular flexibility index (Phi) is 7.63. The molecule has 36 heavy (non-hydrogen) atoms. The minimum Gasteiger partial charge on any atom is -0.283 e. The fourth-order valence-electron chi connectivity index (χ4n) is 3.42. The van der Waals surface area contributed by atoms with Gasteiger partial charge in [-0.1, -0.05) is 66.4 Å². The second-order valence-corrected chi connectivity index (χ2v) is 10.4. The summed E-state index contributed by atoms with van der Waals surface area (Å²) in [5, 5.41) is 10.1. The highest BCUT2D eigenvalue weighted by Gasteiger charge is 2.15. The molecule has 9 nitrogen and oxygen atoms in total. The number of amides is 1. The van der Waals surface area contributed by atoms with Gasteiger partial charge in [-0.3, -0.25) is 14.2 Å². The van der Waals surface area contributed by atoms with E-state index in [0.29, 0.717) is 27.3 Å². The normalized spacial score (nSPS) is 12.0. The lowest BCUT2D eigenvalue weighted by Crippen LogP contribution is -2.26.